The Kier molecular flexibility index (Phi) is 7.11. The largest absolute Gasteiger partial charge is 0.294 e. The van der Waals surface area contributed by atoms with Gasteiger partial charge < -0.3 is 0 Å². The molecule has 0 bridgehead atoms. The summed E-state index contributed by atoms with van der Waals surface area (Å²) in [6, 6.07) is 8.09. The molecule has 0 saturated carbocycles. The third-order valence-electron chi connectivity index (χ3n) is 3.22. The number of hydrogen-bond donors (Lipinski definition) is 0. The number of benzene rings is 1. The molecule has 0 aliphatic carbocycles. The zero-order valence-corrected chi connectivity index (χ0v) is 12.6. The van der Waals surface area contributed by atoms with Gasteiger partial charge in [-0.3, -0.25) is 4.79 Å². The highest BCUT2D eigenvalue weighted by Gasteiger charge is 2.17. The zero-order chi connectivity index (χ0) is 13.4. The number of thioether (sulfide) groups is 1. The van der Waals surface area contributed by atoms with Crippen LogP contribution in [0.2, 0.25) is 0 Å². The molecule has 1 aromatic rings. The number of unbranched alkanes of at least 4 members (excludes halogenated alkanes) is 1. The second kappa shape index (κ2) is 8.36. The fourth-order valence-corrected chi connectivity index (χ4v) is 2.75. The molecule has 0 fully saturated rings. The van der Waals surface area contributed by atoms with Gasteiger partial charge in [-0.1, -0.05) is 45.7 Å². The first-order chi connectivity index (χ1) is 8.72. The van der Waals surface area contributed by atoms with E-state index >= 15 is 0 Å². The molecule has 0 aliphatic heterocycles. The van der Waals surface area contributed by atoms with E-state index in [0.29, 0.717) is 5.78 Å². The van der Waals surface area contributed by atoms with Crippen molar-refractivity contribution in [3.8, 4) is 0 Å². The van der Waals surface area contributed by atoms with Gasteiger partial charge in [0.15, 0.2) is 5.78 Å². The molecule has 1 nitrogen and oxygen atoms in total. The summed E-state index contributed by atoms with van der Waals surface area (Å²) >= 11 is 1.81. The van der Waals surface area contributed by atoms with Crippen molar-refractivity contribution in [1.82, 2.24) is 0 Å². The molecule has 1 atom stereocenters. The van der Waals surface area contributed by atoms with Crippen molar-refractivity contribution in [3.63, 3.8) is 0 Å². The maximum atomic E-state index is 12.3. The fraction of sp³-hybridized carbons (Fsp3) is 0.562. The molecule has 1 unspecified atom stereocenters. The van der Waals surface area contributed by atoms with Gasteiger partial charge >= 0.3 is 0 Å². The van der Waals surface area contributed by atoms with E-state index in [0.717, 1.165) is 37.0 Å². The lowest BCUT2D eigenvalue weighted by Crippen LogP contribution is -2.13. The molecule has 0 saturated heterocycles. The predicted octanol–water partition coefficient (Wildman–Crippen LogP) is 5.20. The summed E-state index contributed by atoms with van der Waals surface area (Å²) in [6.45, 7) is 6.43. The zero-order valence-electron chi connectivity index (χ0n) is 11.7. The van der Waals surface area contributed by atoms with Gasteiger partial charge in [0, 0.05) is 16.4 Å². The number of rotatable bonds is 8. The van der Waals surface area contributed by atoms with Crippen LogP contribution in [0.15, 0.2) is 29.2 Å². The number of carbonyl (C=O) groups excluding carboxylic acids is 1. The van der Waals surface area contributed by atoms with Crippen LogP contribution in [0.3, 0.4) is 0 Å². The van der Waals surface area contributed by atoms with Crippen LogP contribution in [0.25, 0.3) is 0 Å². The van der Waals surface area contributed by atoms with Gasteiger partial charge in [-0.2, -0.15) is 0 Å². The van der Waals surface area contributed by atoms with Gasteiger partial charge in [0.05, 0.1) is 0 Å². The van der Waals surface area contributed by atoms with E-state index in [1.165, 1.54) is 4.90 Å². The molecule has 0 spiro atoms. The minimum absolute atomic E-state index is 0.203. The number of carbonyl (C=O) groups is 1. The summed E-state index contributed by atoms with van der Waals surface area (Å²) in [5, 5.41) is 0. The molecule has 0 aromatic heterocycles. The van der Waals surface area contributed by atoms with Gasteiger partial charge in [0.1, 0.15) is 0 Å². The summed E-state index contributed by atoms with van der Waals surface area (Å²) in [7, 11) is 0. The Morgan fingerprint density at radius 1 is 1.17 bits per heavy atom. The first-order valence-corrected chi connectivity index (χ1v) is 7.98. The van der Waals surface area contributed by atoms with Crippen LogP contribution in [0, 0.1) is 5.92 Å². The molecule has 0 radical (unpaired) electrons. The summed E-state index contributed by atoms with van der Waals surface area (Å²) < 4.78 is 0. The third-order valence-corrected chi connectivity index (χ3v) is 4.11. The molecule has 0 amide bonds. The molecule has 1 rings (SSSR count). The number of ketones is 1. The lowest BCUT2D eigenvalue weighted by atomic mass is 9.91. The van der Waals surface area contributed by atoms with E-state index in [2.05, 4.69) is 32.9 Å². The van der Waals surface area contributed by atoms with Gasteiger partial charge in [0.2, 0.25) is 0 Å². The quantitative estimate of drug-likeness (QED) is 0.474. The van der Waals surface area contributed by atoms with Crippen LogP contribution in [-0.2, 0) is 0 Å². The molecular formula is C16H24OS. The van der Waals surface area contributed by atoms with Gasteiger partial charge in [0.25, 0.3) is 0 Å². The molecule has 1 aromatic carbocycles. The minimum Gasteiger partial charge on any atom is -0.294 e. The second-order valence-corrected chi connectivity index (χ2v) is 5.91. The Bertz CT molecular complexity index is 356. The van der Waals surface area contributed by atoms with Crippen LogP contribution in [-0.4, -0.2) is 11.5 Å². The van der Waals surface area contributed by atoms with E-state index in [9.17, 15) is 4.79 Å². The van der Waals surface area contributed by atoms with Crippen LogP contribution >= 0.6 is 11.8 Å². The normalized spacial score (nSPS) is 12.4. The van der Waals surface area contributed by atoms with Crippen LogP contribution in [0.1, 0.15) is 56.8 Å². The SMILES string of the molecule is CCCCC(CC)C(=O)c1ccc(SCC)cc1. The highest BCUT2D eigenvalue weighted by Crippen LogP contribution is 2.22. The fourth-order valence-electron chi connectivity index (χ4n) is 2.09. The van der Waals surface area contributed by atoms with Crippen molar-refractivity contribution in [2.45, 2.75) is 51.3 Å². The Hall–Kier alpha value is -0.760. The summed E-state index contributed by atoms with van der Waals surface area (Å²) in [4.78, 5) is 13.6. The third kappa shape index (κ3) is 4.49. The Morgan fingerprint density at radius 2 is 1.83 bits per heavy atom. The van der Waals surface area contributed by atoms with E-state index in [4.69, 9.17) is 0 Å². The van der Waals surface area contributed by atoms with Gasteiger partial charge in [-0.15, -0.1) is 11.8 Å². The average Bonchev–Trinajstić information content (AvgIpc) is 2.40. The lowest BCUT2D eigenvalue weighted by molar-refractivity contribution is 0.0908. The van der Waals surface area contributed by atoms with Gasteiger partial charge in [-0.25, -0.2) is 0 Å². The number of hydrogen-bond acceptors (Lipinski definition) is 2. The standard InChI is InChI=1S/C16H24OS/c1-4-7-8-13(5-2)16(17)14-9-11-15(12-10-14)18-6-3/h9-13H,4-8H2,1-3H3. The van der Waals surface area contributed by atoms with Crippen LogP contribution in [0.5, 0.6) is 0 Å². The maximum absolute atomic E-state index is 12.3. The van der Waals surface area contributed by atoms with Crippen molar-refractivity contribution in [2.75, 3.05) is 5.75 Å². The van der Waals surface area contributed by atoms with Crippen LogP contribution < -0.4 is 0 Å². The van der Waals surface area contributed by atoms with E-state index in [-0.39, 0.29) is 5.92 Å². The highest BCUT2D eigenvalue weighted by molar-refractivity contribution is 7.99. The molecule has 0 aliphatic rings. The molecule has 0 N–H and O–H groups in total. The molecule has 0 heterocycles. The van der Waals surface area contributed by atoms with Crippen molar-refractivity contribution >= 4 is 17.5 Å². The molecule has 2 heteroatoms. The monoisotopic (exact) mass is 264 g/mol. The second-order valence-electron chi connectivity index (χ2n) is 4.57. The lowest BCUT2D eigenvalue weighted by Gasteiger charge is -2.13. The van der Waals surface area contributed by atoms with Crippen molar-refractivity contribution in [2.24, 2.45) is 5.92 Å². The predicted molar refractivity (Wildman–Crippen MR) is 80.5 cm³/mol. The first kappa shape index (κ1) is 15.3. The highest BCUT2D eigenvalue weighted by atomic mass is 32.2. The smallest absolute Gasteiger partial charge is 0.165 e. The van der Waals surface area contributed by atoms with E-state index < -0.39 is 0 Å². The van der Waals surface area contributed by atoms with Gasteiger partial charge in [-0.05, 0) is 30.7 Å². The Balaban J connectivity index is 2.69. The Morgan fingerprint density at radius 3 is 2.33 bits per heavy atom. The maximum Gasteiger partial charge on any atom is 0.165 e. The van der Waals surface area contributed by atoms with Crippen molar-refractivity contribution in [3.05, 3.63) is 29.8 Å². The summed E-state index contributed by atoms with van der Waals surface area (Å²) in [5.41, 5.74) is 0.874. The molecule has 100 valence electrons. The molecular weight excluding hydrogens is 240 g/mol. The first-order valence-electron chi connectivity index (χ1n) is 6.99. The number of Topliss-reactive ketones (excluding diaryl/α,β-unsaturated/α-hetero) is 1. The van der Waals surface area contributed by atoms with Crippen molar-refractivity contribution in [1.29, 1.82) is 0 Å². The van der Waals surface area contributed by atoms with Crippen LogP contribution in [0.4, 0.5) is 0 Å². The van der Waals surface area contributed by atoms with Crippen molar-refractivity contribution < 1.29 is 4.79 Å². The molecule has 18 heavy (non-hydrogen) atoms. The summed E-state index contributed by atoms with van der Waals surface area (Å²) in [6.07, 6.45) is 4.28. The van der Waals surface area contributed by atoms with E-state index in [1.807, 2.05) is 23.9 Å². The topological polar surface area (TPSA) is 17.1 Å². The minimum atomic E-state index is 0.203. The average molecular weight is 264 g/mol. The van der Waals surface area contributed by atoms with E-state index in [1.54, 1.807) is 0 Å². The Labute approximate surface area is 115 Å². The summed E-state index contributed by atoms with van der Waals surface area (Å²) in [5.74, 6) is 1.59.